The molecule has 0 atom stereocenters. The lowest BCUT2D eigenvalue weighted by atomic mass is 10.1. The molecule has 0 fully saturated rings. The average molecular weight is 263 g/mol. The van der Waals surface area contributed by atoms with Gasteiger partial charge in [0.25, 0.3) is 0 Å². The quantitative estimate of drug-likeness (QED) is 0.658. The molecule has 70 valence electrons. The lowest BCUT2D eigenvalue weighted by molar-refractivity contribution is 0.260. The highest BCUT2D eigenvalue weighted by molar-refractivity contribution is 9.10. The second-order valence-corrected chi connectivity index (χ2v) is 3.84. The summed E-state index contributed by atoms with van der Waals surface area (Å²) in [6, 6.07) is 7.94. The highest BCUT2D eigenvalue weighted by Crippen LogP contribution is 2.11. The summed E-state index contributed by atoms with van der Waals surface area (Å²) in [7, 11) is 0. The fraction of sp³-hybridized carbons (Fsp3) is 0.222. The lowest BCUT2D eigenvalue weighted by Gasteiger charge is -2.01. The van der Waals surface area contributed by atoms with Crippen molar-refractivity contribution >= 4 is 32.9 Å². The van der Waals surface area contributed by atoms with Crippen LogP contribution in [0.5, 0.6) is 0 Å². The Morgan fingerprint density at radius 2 is 2.31 bits per heavy atom. The molecule has 2 nitrogen and oxygen atoms in total. The number of carbonyl (C=O) groups is 1. The summed E-state index contributed by atoms with van der Waals surface area (Å²) < 4.78 is 1.04. The first-order valence-electron chi connectivity index (χ1n) is 3.86. The van der Waals surface area contributed by atoms with E-state index >= 15 is 0 Å². The van der Waals surface area contributed by atoms with E-state index in [9.17, 15) is 4.79 Å². The Hall–Kier alpha value is -0.540. The molecule has 0 bridgehead atoms. The van der Waals surface area contributed by atoms with Crippen molar-refractivity contribution in [3.05, 3.63) is 34.3 Å². The number of halogens is 2. The molecule has 0 aliphatic heterocycles. The average Bonchev–Trinajstić information content (AvgIpc) is 2.03. The van der Waals surface area contributed by atoms with E-state index in [-0.39, 0.29) is 0 Å². The van der Waals surface area contributed by atoms with E-state index in [0.717, 1.165) is 10.9 Å². The minimum absolute atomic E-state index is 0.505. The van der Waals surface area contributed by atoms with Crippen molar-refractivity contribution in [3.63, 3.8) is 0 Å². The lowest BCUT2D eigenvalue weighted by Crippen LogP contribution is -2.19. The first kappa shape index (κ1) is 10.5. The number of nitrogens with one attached hydrogen (secondary N) is 1. The van der Waals surface area contributed by atoms with Gasteiger partial charge in [-0.1, -0.05) is 28.1 Å². The maximum Gasteiger partial charge on any atom is 0.313 e. The van der Waals surface area contributed by atoms with Gasteiger partial charge in [0.1, 0.15) is 0 Å². The van der Waals surface area contributed by atoms with Gasteiger partial charge in [0.05, 0.1) is 0 Å². The van der Waals surface area contributed by atoms with E-state index in [1.165, 1.54) is 5.56 Å². The minimum Gasteiger partial charge on any atom is -0.342 e. The van der Waals surface area contributed by atoms with Crippen LogP contribution in [0.15, 0.2) is 28.7 Å². The summed E-state index contributed by atoms with van der Waals surface area (Å²) in [4.78, 5) is 10.3. The van der Waals surface area contributed by atoms with Crippen LogP contribution in [0.2, 0.25) is 0 Å². The van der Waals surface area contributed by atoms with E-state index in [1.807, 2.05) is 24.3 Å². The van der Waals surface area contributed by atoms with Crippen molar-refractivity contribution in [2.45, 2.75) is 6.42 Å². The van der Waals surface area contributed by atoms with Crippen LogP contribution in [-0.2, 0) is 6.42 Å². The minimum atomic E-state index is -0.505. The third-order valence-corrected chi connectivity index (χ3v) is 2.19. The Labute approximate surface area is 90.4 Å². The summed E-state index contributed by atoms with van der Waals surface area (Å²) in [5, 5.41) is 2.02. The Morgan fingerprint density at radius 3 is 2.92 bits per heavy atom. The molecule has 1 amide bonds. The molecule has 1 aromatic rings. The van der Waals surface area contributed by atoms with Crippen molar-refractivity contribution in [1.82, 2.24) is 5.32 Å². The Morgan fingerprint density at radius 1 is 1.54 bits per heavy atom. The Kier molecular flexibility index (Phi) is 4.25. The van der Waals surface area contributed by atoms with Crippen LogP contribution in [-0.4, -0.2) is 11.9 Å². The van der Waals surface area contributed by atoms with Crippen molar-refractivity contribution in [2.75, 3.05) is 6.54 Å². The normalized spacial score (nSPS) is 9.69. The zero-order valence-electron chi connectivity index (χ0n) is 6.89. The predicted octanol–water partition coefficient (Wildman–Crippen LogP) is 2.94. The van der Waals surface area contributed by atoms with Gasteiger partial charge < -0.3 is 5.32 Å². The van der Waals surface area contributed by atoms with E-state index < -0.39 is 5.37 Å². The van der Waals surface area contributed by atoms with Gasteiger partial charge in [0, 0.05) is 11.0 Å². The van der Waals surface area contributed by atoms with Crippen LogP contribution >= 0.6 is 27.5 Å². The van der Waals surface area contributed by atoms with Crippen LogP contribution < -0.4 is 5.32 Å². The highest BCUT2D eigenvalue weighted by Gasteiger charge is 1.95. The molecule has 0 spiro atoms. The number of rotatable bonds is 3. The molecule has 0 saturated heterocycles. The summed E-state index contributed by atoms with van der Waals surface area (Å²) in [6.07, 6.45) is 0.790. The topological polar surface area (TPSA) is 29.1 Å². The van der Waals surface area contributed by atoms with E-state index in [2.05, 4.69) is 21.2 Å². The molecule has 4 heteroatoms. The second-order valence-electron chi connectivity index (χ2n) is 2.58. The van der Waals surface area contributed by atoms with Gasteiger partial charge in [-0.3, -0.25) is 4.79 Å². The third-order valence-electron chi connectivity index (χ3n) is 1.57. The van der Waals surface area contributed by atoms with Gasteiger partial charge >= 0.3 is 5.37 Å². The van der Waals surface area contributed by atoms with Crippen LogP contribution in [0.4, 0.5) is 4.79 Å². The first-order chi connectivity index (χ1) is 6.18. The molecular formula is C9H9BrClNO. The maximum atomic E-state index is 10.3. The van der Waals surface area contributed by atoms with Crippen LogP contribution in [0, 0.1) is 0 Å². The van der Waals surface area contributed by atoms with Gasteiger partial charge in [-0.05, 0) is 35.7 Å². The number of hydrogen-bond donors (Lipinski definition) is 1. The molecule has 1 N–H and O–H groups in total. The summed E-state index contributed by atoms with van der Waals surface area (Å²) >= 11 is 8.49. The van der Waals surface area contributed by atoms with Gasteiger partial charge in [-0.25, -0.2) is 0 Å². The van der Waals surface area contributed by atoms with Gasteiger partial charge in [0.2, 0.25) is 0 Å². The third kappa shape index (κ3) is 4.29. The Bertz CT molecular complexity index is 303. The maximum absolute atomic E-state index is 10.3. The number of carbonyl (C=O) groups excluding carboxylic acids is 1. The van der Waals surface area contributed by atoms with Crippen molar-refractivity contribution < 1.29 is 4.79 Å². The van der Waals surface area contributed by atoms with E-state index in [0.29, 0.717) is 6.54 Å². The first-order valence-corrected chi connectivity index (χ1v) is 5.03. The van der Waals surface area contributed by atoms with Crippen LogP contribution in [0.1, 0.15) is 5.56 Å². The zero-order chi connectivity index (χ0) is 9.68. The predicted molar refractivity (Wildman–Crippen MR) is 57.1 cm³/mol. The van der Waals surface area contributed by atoms with Gasteiger partial charge in [-0.15, -0.1) is 0 Å². The van der Waals surface area contributed by atoms with Gasteiger partial charge in [-0.2, -0.15) is 0 Å². The molecule has 1 rings (SSSR count). The largest absolute Gasteiger partial charge is 0.342 e. The molecular weight excluding hydrogens is 253 g/mol. The van der Waals surface area contributed by atoms with Crippen molar-refractivity contribution in [3.8, 4) is 0 Å². The summed E-state index contributed by atoms with van der Waals surface area (Å²) in [5.41, 5.74) is 1.17. The fourth-order valence-electron chi connectivity index (χ4n) is 0.998. The van der Waals surface area contributed by atoms with E-state index in [4.69, 9.17) is 11.6 Å². The van der Waals surface area contributed by atoms with E-state index in [1.54, 1.807) is 0 Å². The highest BCUT2D eigenvalue weighted by atomic mass is 79.9. The molecule has 13 heavy (non-hydrogen) atoms. The molecule has 0 radical (unpaired) electrons. The summed E-state index contributed by atoms with van der Waals surface area (Å²) in [5.74, 6) is 0. The van der Waals surface area contributed by atoms with Crippen molar-refractivity contribution in [2.24, 2.45) is 0 Å². The fourth-order valence-corrected chi connectivity index (χ4v) is 1.54. The zero-order valence-corrected chi connectivity index (χ0v) is 9.23. The molecule has 0 aliphatic rings. The number of amides is 1. The van der Waals surface area contributed by atoms with Crippen LogP contribution in [0.25, 0.3) is 0 Å². The molecule has 0 unspecified atom stereocenters. The standard InChI is InChI=1S/C9H9BrClNO/c10-8-3-1-2-7(6-8)4-5-12-9(11)13/h1-3,6H,4-5H2,(H,12,13). The molecule has 0 heterocycles. The molecule has 1 aromatic carbocycles. The number of benzene rings is 1. The second kappa shape index (κ2) is 5.25. The van der Waals surface area contributed by atoms with Crippen molar-refractivity contribution in [1.29, 1.82) is 0 Å². The number of hydrogen-bond acceptors (Lipinski definition) is 1. The molecule has 0 aliphatic carbocycles. The molecule has 0 aromatic heterocycles. The smallest absolute Gasteiger partial charge is 0.313 e. The Balaban J connectivity index is 2.41. The molecule has 0 saturated carbocycles. The van der Waals surface area contributed by atoms with Gasteiger partial charge in [0.15, 0.2) is 0 Å². The monoisotopic (exact) mass is 261 g/mol. The summed E-state index contributed by atoms with van der Waals surface area (Å²) in [6.45, 7) is 0.568. The SMILES string of the molecule is O=C(Cl)NCCc1cccc(Br)c1. The van der Waals surface area contributed by atoms with Crippen LogP contribution in [0.3, 0.4) is 0 Å².